The fourth-order valence-corrected chi connectivity index (χ4v) is 2.73. The number of nitrogens with one attached hydrogen (secondary N) is 1. The molecule has 0 bridgehead atoms. The number of hydrogen-bond acceptors (Lipinski definition) is 4. The van der Waals surface area contributed by atoms with Crippen LogP contribution in [-0.4, -0.2) is 5.91 Å². The molecule has 0 aliphatic heterocycles. The minimum atomic E-state index is -0.404. The molecule has 5 heteroatoms. The van der Waals surface area contributed by atoms with E-state index in [1.54, 1.807) is 30.3 Å². The lowest BCUT2D eigenvalue weighted by molar-refractivity contribution is -0.111. The molecular weight excluding hydrogens is 330 g/mol. The largest absolute Gasteiger partial charge is 0.457 e. The highest BCUT2D eigenvalue weighted by Crippen LogP contribution is 2.22. The summed E-state index contributed by atoms with van der Waals surface area (Å²) < 4.78 is 10.8. The molecule has 0 spiro atoms. The fourth-order valence-electron chi connectivity index (χ4n) is 2.73. The zero-order valence-electron chi connectivity index (χ0n) is 14.0. The van der Waals surface area contributed by atoms with Crippen LogP contribution in [0.3, 0.4) is 0 Å². The van der Waals surface area contributed by atoms with Gasteiger partial charge in [0.15, 0.2) is 0 Å². The summed E-state index contributed by atoms with van der Waals surface area (Å²) in [7, 11) is 0. The highest BCUT2D eigenvalue weighted by molar-refractivity contribution is 6.02. The maximum absolute atomic E-state index is 12.1. The van der Waals surface area contributed by atoms with E-state index in [0.29, 0.717) is 17.0 Å². The molecule has 2 aromatic heterocycles. The van der Waals surface area contributed by atoms with Crippen LogP contribution in [0.15, 0.2) is 74.3 Å². The van der Waals surface area contributed by atoms with Crippen molar-refractivity contribution in [3.8, 4) is 0 Å². The molecule has 1 N–H and O–H groups in total. The van der Waals surface area contributed by atoms with Crippen molar-refractivity contribution in [3.63, 3.8) is 0 Å². The zero-order chi connectivity index (χ0) is 18.1. The standard InChI is InChI=1S/C21H15NO4/c1-13-2-3-15-12-17(25-19(15)10-13)6-8-20(23)22-16-5-7-18-14(11-16)4-9-21(24)26-18/h2-12H,1H3,(H,22,23)/b8-6+. The number of rotatable bonds is 3. The lowest BCUT2D eigenvalue weighted by Gasteiger charge is -2.03. The van der Waals surface area contributed by atoms with Crippen LogP contribution in [0.1, 0.15) is 11.3 Å². The number of anilines is 1. The van der Waals surface area contributed by atoms with Crippen molar-refractivity contribution in [2.75, 3.05) is 5.32 Å². The SMILES string of the molecule is Cc1ccc2cc(/C=C/C(=O)Nc3ccc4oc(=O)ccc4c3)oc2c1. The number of furan rings is 1. The Morgan fingerprint density at radius 2 is 1.73 bits per heavy atom. The van der Waals surface area contributed by atoms with Crippen molar-refractivity contribution in [1.29, 1.82) is 0 Å². The highest BCUT2D eigenvalue weighted by Gasteiger charge is 2.04. The number of benzene rings is 2. The molecular formula is C21H15NO4. The van der Waals surface area contributed by atoms with Gasteiger partial charge in [0, 0.05) is 28.6 Å². The summed E-state index contributed by atoms with van der Waals surface area (Å²) in [6.45, 7) is 2.00. The summed E-state index contributed by atoms with van der Waals surface area (Å²) >= 11 is 0. The first-order valence-corrected chi connectivity index (χ1v) is 8.10. The molecule has 0 saturated heterocycles. The van der Waals surface area contributed by atoms with E-state index in [1.807, 2.05) is 31.2 Å². The molecule has 0 aliphatic rings. The van der Waals surface area contributed by atoms with Gasteiger partial charge in [0.05, 0.1) is 0 Å². The van der Waals surface area contributed by atoms with Gasteiger partial charge in [0.2, 0.25) is 5.91 Å². The molecule has 2 aromatic carbocycles. The molecule has 26 heavy (non-hydrogen) atoms. The van der Waals surface area contributed by atoms with E-state index in [0.717, 1.165) is 21.9 Å². The van der Waals surface area contributed by atoms with E-state index in [9.17, 15) is 9.59 Å². The van der Waals surface area contributed by atoms with Gasteiger partial charge < -0.3 is 14.2 Å². The smallest absolute Gasteiger partial charge is 0.336 e. The number of fused-ring (bicyclic) bond motifs is 2. The predicted molar refractivity (Wildman–Crippen MR) is 101 cm³/mol. The van der Waals surface area contributed by atoms with E-state index in [1.165, 1.54) is 12.1 Å². The molecule has 4 rings (SSSR count). The van der Waals surface area contributed by atoms with Gasteiger partial charge >= 0.3 is 5.63 Å². The van der Waals surface area contributed by atoms with E-state index < -0.39 is 5.63 Å². The summed E-state index contributed by atoms with van der Waals surface area (Å²) in [6, 6.07) is 15.9. The molecule has 0 saturated carbocycles. The number of aryl methyl sites for hydroxylation is 1. The molecule has 4 aromatic rings. The second-order valence-corrected chi connectivity index (χ2v) is 6.02. The van der Waals surface area contributed by atoms with Gasteiger partial charge in [0.25, 0.3) is 0 Å². The van der Waals surface area contributed by atoms with Gasteiger partial charge in [-0.1, -0.05) is 12.1 Å². The first-order valence-electron chi connectivity index (χ1n) is 8.10. The summed E-state index contributed by atoms with van der Waals surface area (Å²) in [5.74, 6) is 0.333. The van der Waals surface area contributed by atoms with Crippen LogP contribution in [0.4, 0.5) is 5.69 Å². The first-order chi connectivity index (χ1) is 12.6. The Morgan fingerprint density at radius 1 is 0.923 bits per heavy atom. The Balaban J connectivity index is 1.51. The maximum Gasteiger partial charge on any atom is 0.336 e. The first kappa shape index (κ1) is 15.9. The molecule has 0 fully saturated rings. The number of carbonyl (C=O) groups is 1. The monoisotopic (exact) mass is 345 g/mol. The summed E-state index contributed by atoms with van der Waals surface area (Å²) in [6.07, 6.45) is 3.05. The van der Waals surface area contributed by atoms with Gasteiger partial charge in [-0.2, -0.15) is 0 Å². The van der Waals surface area contributed by atoms with Crippen molar-refractivity contribution in [3.05, 3.63) is 82.4 Å². The molecule has 1 amide bonds. The number of amides is 1. The average Bonchev–Trinajstić information content (AvgIpc) is 3.02. The van der Waals surface area contributed by atoms with Crippen LogP contribution in [0, 0.1) is 6.92 Å². The van der Waals surface area contributed by atoms with E-state index in [-0.39, 0.29) is 5.91 Å². The molecule has 0 aliphatic carbocycles. The van der Waals surface area contributed by atoms with Gasteiger partial charge in [-0.15, -0.1) is 0 Å². The molecule has 2 heterocycles. The third-order valence-corrected chi connectivity index (χ3v) is 3.98. The Morgan fingerprint density at radius 3 is 2.62 bits per heavy atom. The van der Waals surface area contributed by atoms with Gasteiger partial charge in [0.1, 0.15) is 16.9 Å². The third-order valence-electron chi connectivity index (χ3n) is 3.98. The predicted octanol–water partition coefficient (Wildman–Crippen LogP) is 4.50. The fraction of sp³-hybridized carbons (Fsp3) is 0.0476. The molecule has 0 radical (unpaired) electrons. The van der Waals surface area contributed by atoms with Crippen LogP contribution in [0.25, 0.3) is 28.0 Å². The Hall–Kier alpha value is -3.60. The topological polar surface area (TPSA) is 72.5 Å². The molecule has 128 valence electrons. The van der Waals surface area contributed by atoms with E-state index in [4.69, 9.17) is 8.83 Å². The van der Waals surface area contributed by atoms with Crippen molar-refractivity contribution >= 4 is 39.6 Å². The minimum Gasteiger partial charge on any atom is -0.457 e. The second kappa shape index (κ2) is 6.37. The lowest BCUT2D eigenvalue weighted by atomic mass is 10.2. The summed E-state index contributed by atoms with van der Waals surface area (Å²) in [5.41, 5.74) is 2.59. The summed E-state index contributed by atoms with van der Waals surface area (Å²) in [4.78, 5) is 23.3. The minimum absolute atomic E-state index is 0.279. The van der Waals surface area contributed by atoms with Crippen molar-refractivity contribution in [1.82, 2.24) is 0 Å². The van der Waals surface area contributed by atoms with E-state index >= 15 is 0 Å². The van der Waals surface area contributed by atoms with Crippen LogP contribution in [0.2, 0.25) is 0 Å². The Bertz CT molecular complexity index is 1210. The zero-order valence-corrected chi connectivity index (χ0v) is 14.0. The van der Waals surface area contributed by atoms with Gasteiger partial charge in [-0.05, 0) is 55.0 Å². The molecule has 5 nitrogen and oxygen atoms in total. The van der Waals surface area contributed by atoms with Crippen molar-refractivity contribution in [2.45, 2.75) is 6.92 Å². The molecule has 0 atom stereocenters. The number of carbonyl (C=O) groups excluding carboxylic acids is 1. The summed E-state index contributed by atoms with van der Waals surface area (Å²) in [5, 5.41) is 4.50. The Labute approximate surface area is 148 Å². The van der Waals surface area contributed by atoms with Gasteiger partial charge in [-0.25, -0.2) is 4.79 Å². The van der Waals surface area contributed by atoms with Crippen LogP contribution < -0.4 is 10.9 Å². The highest BCUT2D eigenvalue weighted by atomic mass is 16.4. The quantitative estimate of drug-likeness (QED) is 0.438. The second-order valence-electron chi connectivity index (χ2n) is 6.02. The maximum atomic E-state index is 12.1. The number of hydrogen-bond donors (Lipinski definition) is 1. The van der Waals surface area contributed by atoms with Crippen LogP contribution in [-0.2, 0) is 4.79 Å². The van der Waals surface area contributed by atoms with Crippen molar-refractivity contribution < 1.29 is 13.6 Å². The van der Waals surface area contributed by atoms with E-state index in [2.05, 4.69) is 5.32 Å². The lowest BCUT2D eigenvalue weighted by Crippen LogP contribution is -2.07. The van der Waals surface area contributed by atoms with Crippen LogP contribution >= 0.6 is 0 Å². The third kappa shape index (κ3) is 3.28. The Kier molecular flexibility index (Phi) is 3.89. The molecule has 0 unspecified atom stereocenters. The normalized spacial score (nSPS) is 11.4. The van der Waals surface area contributed by atoms with Crippen LogP contribution in [0.5, 0.6) is 0 Å². The van der Waals surface area contributed by atoms with Gasteiger partial charge in [-0.3, -0.25) is 4.79 Å². The average molecular weight is 345 g/mol. The van der Waals surface area contributed by atoms with Crippen molar-refractivity contribution in [2.24, 2.45) is 0 Å².